The minimum Gasteiger partial charge on any atom is -0.491 e. The highest BCUT2D eigenvalue weighted by molar-refractivity contribution is 7.89. The predicted octanol–water partition coefficient (Wildman–Crippen LogP) is 1.64. The topological polar surface area (TPSA) is 55.8 Å². The molecule has 2 unspecified atom stereocenters. The van der Waals surface area contributed by atoms with Crippen molar-refractivity contribution >= 4 is 10.0 Å². The maximum absolute atomic E-state index is 12.6. The molecule has 0 amide bonds. The van der Waals surface area contributed by atoms with Crippen LogP contribution in [0.15, 0.2) is 29.2 Å². The van der Waals surface area contributed by atoms with Crippen molar-refractivity contribution in [3.8, 4) is 5.75 Å². The first-order chi connectivity index (χ1) is 9.46. The Kier molecular flexibility index (Phi) is 3.48. The van der Waals surface area contributed by atoms with Crippen LogP contribution in [0.3, 0.4) is 0 Å². The average Bonchev–Trinajstić information content (AvgIpc) is 3.01. The summed E-state index contributed by atoms with van der Waals surface area (Å²) < 4.78 is 37.7. The number of benzene rings is 1. The lowest BCUT2D eigenvalue weighted by Gasteiger charge is -2.26. The Morgan fingerprint density at radius 2 is 2.00 bits per heavy atom. The molecule has 2 saturated heterocycles. The molecule has 6 heteroatoms. The Morgan fingerprint density at radius 1 is 1.30 bits per heavy atom. The quantitative estimate of drug-likeness (QED) is 0.847. The fourth-order valence-corrected chi connectivity index (χ4v) is 4.41. The van der Waals surface area contributed by atoms with E-state index in [0.717, 1.165) is 6.42 Å². The molecule has 2 atom stereocenters. The highest BCUT2D eigenvalue weighted by atomic mass is 32.2. The van der Waals surface area contributed by atoms with E-state index in [2.05, 4.69) is 0 Å². The van der Waals surface area contributed by atoms with Gasteiger partial charge in [-0.3, -0.25) is 0 Å². The monoisotopic (exact) mass is 297 g/mol. The Balaban J connectivity index is 1.81. The van der Waals surface area contributed by atoms with Gasteiger partial charge in [0.05, 0.1) is 29.8 Å². The first kappa shape index (κ1) is 13.9. The number of sulfonamides is 1. The highest BCUT2D eigenvalue weighted by Gasteiger charge is 2.45. The van der Waals surface area contributed by atoms with Crippen LogP contribution >= 0.6 is 0 Å². The van der Waals surface area contributed by atoms with Gasteiger partial charge in [0.2, 0.25) is 10.0 Å². The molecule has 0 aliphatic carbocycles. The van der Waals surface area contributed by atoms with Gasteiger partial charge in [0, 0.05) is 6.54 Å². The SMILES string of the molecule is CC(C)Oc1ccc(S(=O)(=O)N2CC3CC2CO3)cc1. The molecule has 20 heavy (non-hydrogen) atoms. The Hall–Kier alpha value is -1.11. The average molecular weight is 297 g/mol. The van der Waals surface area contributed by atoms with Crippen molar-refractivity contribution in [2.75, 3.05) is 13.2 Å². The van der Waals surface area contributed by atoms with Gasteiger partial charge < -0.3 is 9.47 Å². The second kappa shape index (κ2) is 5.02. The molecule has 0 aromatic heterocycles. The van der Waals surface area contributed by atoms with Crippen molar-refractivity contribution in [1.29, 1.82) is 0 Å². The van der Waals surface area contributed by atoms with Crippen LogP contribution in [-0.4, -0.2) is 44.1 Å². The summed E-state index contributed by atoms with van der Waals surface area (Å²) in [5.41, 5.74) is 0. The van der Waals surface area contributed by atoms with Gasteiger partial charge in [-0.25, -0.2) is 8.42 Å². The summed E-state index contributed by atoms with van der Waals surface area (Å²) in [6.45, 7) is 4.85. The van der Waals surface area contributed by atoms with Gasteiger partial charge in [-0.2, -0.15) is 4.31 Å². The number of hydrogen-bond acceptors (Lipinski definition) is 4. The van der Waals surface area contributed by atoms with E-state index in [1.165, 1.54) is 0 Å². The highest BCUT2D eigenvalue weighted by Crippen LogP contribution is 2.33. The van der Waals surface area contributed by atoms with E-state index < -0.39 is 10.0 Å². The van der Waals surface area contributed by atoms with E-state index >= 15 is 0 Å². The van der Waals surface area contributed by atoms with E-state index in [-0.39, 0.29) is 18.2 Å². The molecule has 0 saturated carbocycles. The van der Waals surface area contributed by atoms with Crippen molar-refractivity contribution in [1.82, 2.24) is 4.31 Å². The van der Waals surface area contributed by atoms with E-state index in [1.807, 2.05) is 13.8 Å². The van der Waals surface area contributed by atoms with Crippen molar-refractivity contribution < 1.29 is 17.9 Å². The van der Waals surface area contributed by atoms with Crippen molar-refractivity contribution in [2.45, 2.75) is 43.4 Å². The van der Waals surface area contributed by atoms with Crippen molar-refractivity contribution in [3.63, 3.8) is 0 Å². The van der Waals surface area contributed by atoms with Crippen LogP contribution in [0.1, 0.15) is 20.3 Å². The summed E-state index contributed by atoms with van der Waals surface area (Å²) in [6, 6.07) is 6.63. The van der Waals surface area contributed by atoms with Crippen LogP contribution in [-0.2, 0) is 14.8 Å². The lowest BCUT2D eigenvalue weighted by molar-refractivity contribution is 0.0608. The second-order valence-electron chi connectivity index (χ2n) is 5.56. The van der Waals surface area contributed by atoms with E-state index in [4.69, 9.17) is 9.47 Å². The molecule has 1 aromatic rings. The Labute approximate surface area is 119 Å². The standard InChI is InChI=1S/C14H19NO4S/c1-10(2)19-12-3-5-14(6-4-12)20(16,17)15-8-13-7-11(15)9-18-13/h3-6,10-11,13H,7-9H2,1-2H3. The molecule has 0 N–H and O–H groups in total. The molecule has 0 radical (unpaired) electrons. The lowest BCUT2D eigenvalue weighted by Crippen LogP contribution is -2.41. The second-order valence-corrected chi connectivity index (χ2v) is 7.45. The summed E-state index contributed by atoms with van der Waals surface area (Å²) in [5.74, 6) is 0.685. The molecule has 3 rings (SSSR count). The zero-order valence-electron chi connectivity index (χ0n) is 11.7. The Bertz CT molecular complexity index is 582. The third-order valence-electron chi connectivity index (χ3n) is 3.65. The predicted molar refractivity (Wildman–Crippen MR) is 74.2 cm³/mol. The summed E-state index contributed by atoms with van der Waals surface area (Å²) in [6.07, 6.45) is 0.954. The maximum atomic E-state index is 12.6. The Morgan fingerprint density at radius 3 is 2.50 bits per heavy atom. The molecule has 5 nitrogen and oxygen atoms in total. The third kappa shape index (κ3) is 2.43. The van der Waals surface area contributed by atoms with Gasteiger partial charge in [0.1, 0.15) is 5.75 Å². The number of ether oxygens (including phenoxy) is 2. The molecule has 2 fully saturated rings. The van der Waals surface area contributed by atoms with E-state index in [9.17, 15) is 8.42 Å². The minimum absolute atomic E-state index is 0.00316. The first-order valence-electron chi connectivity index (χ1n) is 6.87. The number of hydrogen-bond donors (Lipinski definition) is 0. The summed E-state index contributed by atoms with van der Waals surface area (Å²) in [4.78, 5) is 0.321. The largest absolute Gasteiger partial charge is 0.491 e. The van der Waals surface area contributed by atoms with Crippen molar-refractivity contribution in [2.24, 2.45) is 0 Å². The van der Waals surface area contributed by atoms with Crippen LogP contribution in [0.2, 0.25) is 0 Å². The van der Waals surface area contributed by atoms with E-state index in [1.54, 1.807) is 28.6 Å². The first-order valence-corrected chi connectivity index (χ1v) is 8.31. The van der Waals surface area contributed by atoms with Crippen LogP contribution < -0.4 is 4.74 Å². The van der Waals surface area contributed by atoms with Crippen LogP contribution in [0, 0.1) is 0 Å². The van der Waals surface area contributed by atoms with Gasteiger partial charge in [0.25, 0.3) is 0 Å². The van der Waals surface area contributed by atoms with Gasteiger partial charge in [-0.1, -0.05) is 0 Å². The van der Waals surface area contributed by atoms with E-state index in [0.29, 0.717) is 23.8 Å². The molecule has 2 bridgehead atoms. The molecule has 0 spiro atoms. The molecule has 2 aliphatic heterocycles. The van der Waals surface area contributed by atoms with Crippen LogP contribution in [0.25, 0.3) is 0 Å². The molecular weight excluding hydrogens is 278 g/mol. The molecule has 2 heterocycles. The van der Waals surface area contributed by atoms with Crippen molar-refractivity contribution in [3.05, 3.63) is 24.3 Å². The van der Waals surface area contributed by atoms with Crippen LogP contribution in [0.4, 0.5) is 0 Å². The number of fused-ring (bicyclic) bond motifs is 2. The fourth-order valence-electron chi connectivity index (χ4n) is 2.76. The fraction of sp³-hybridized carbons (Fsp3) is 0.571. The smallest absolute Gasteiger partial charge is 0.243 e. The lowest BCUT2D eigenvalue weighted by atomic mass is 10.3. The number of nitrogens with zero attached hydrogens (tertiary/aromatic N) is 1. The third-order valence-corrected chi connectivity index (χ3v) is 5.58. The van der Waals surface area contributed by atoms with Crippen LogP contribution in [0.5, 0.6) is 5.75 Å². The number of rotatable bonds is 4. The van der Waals surface area contributed by atoms with Gasteiger partial charge >= 0.3 is 0 Å². The van der Waals surface area contributed by atoms with Gasteiger partial charge in [-0.15, -0.1) is 0 Å². The summed E-state index contributed by atoms with van der Waals surface area (Å²) in [5, 5.41) is 0. The van der Waals surface area contributed by atoms with Gasteiger partial charge in [0.15, 0.2) is 0 Å². The summed E-state index contributed by atoms with van der Waals surface area (Å²) in [7, 11) is -3.42. The zero-order chi connectivity index (χ0) is 14.3. The molecule has 2 aliphatic rings. The maximum Gasteiger partial charge on any atom is 0.243 e. The molecular formula is C14H19NO4S. The number of morpholine rings is 1. The summed E-state index contributed by atoms with van der Waals surface area (Å²) >= 11 is 0. The minimum atomic E-state index is -3.42. The zero-order valence-corrected chi connectivity index (χ0v) is 12.5. The normalized spacial score (nSPS) is 26.4. The molecule has 110 valence electrons. The molecule has 1 aromatic carbocycles. The van der Waals surface area contributed by atoms with Gasteiger partial charge in [-0.05, 0) is 44.5 Å².